The van der Waals surface area contributed by atoms with Gasteiger partial charge in [0.2, 0.25) is 17.8 Å². The third kappa shape index (κ3) is 3.58. The summed E-state index contributed by atoms with van der Waals surface area (Å²) in [6.07, 6.45) is 5.11. The van der Waals surface area contributed by atoms with Crippen molar-refractivity contribution in [1.82, 2.24) is 0 Å². The molecule has 3 rings (SSSR count). The molecule has 1 aromatic carbocycles. The topological polar surface area (TPSA) is 118 Å². The molecule has 0 aromatic heterocycles. The molecule has 0 unspecified atom stereocenters. The summed E-state index contributed by atoms with van der Waals surface area (Å²) in [7, 11) is 1.48. The summed E-state index contributed by atoms with van der Waals surface area (Å²) in [6.45, 7) is 0.0184. The van der Waals surface area contributed by atoms with Crippen LogP contribution in [0.2, 0.25) is 0 Å². The molecule has 1 spiro atoms. The quantitative estimate of drug-likeness (QED) is 0.762. The van der Waals surface area contributed by atoms with Crippen LogP contribution in [-0.4, -0.2) is 37.2 Å². The van der Waals surface area contributed by atoms with Gasteiger partial charge in [0.1, 0.15) is 12.3 Å². The molecule has 8 heteroatoms. The molecule has 1 amide bonds. The molecule has 0 atom stereocenters. The van der Waals surface area contributed by atoms with Crippen LogP contribution in [0.1, 0.15) is 32.1 Å². The number of methoxy groups -OCH3 is 1. The van der Waals surface area contributed by atoms with E-state index < -0.39 is 5.66 Å². The largest absolute Gasteiger partial charge is 0.375 e. The van der Waals surface area contributed by atoms with Gasteiger partial charge in [-0.1, -0.05) is 6.42 Å². The van der Waals surface area contributed by atoms with Gasteiger partial charge >= 0.3 is 0 Å². The SMILES string of the molecule is COCC(=O)Nc1ccc(N2C(N)=NC(N)=NC23CCCCC3)cc1. The Labute approximate surface area is 146 Å². The van der Waals surface area contributed by atoms with Crippen molar-refractivity contribution in [2.45, 2.75) is 37.8 Å². The van der Waals surface area contributed by atoms with Crippen LogP contribution in [0.4, 0.5) is 11.4 Å². The second-order valence-electron chi connectivity index (χ2n) is 6.35. The van der Waals surface area contributed by atoms with Gasteiger partial charge in [0.25, 0.3) is 0 Å². The van der Waals surface area contributed by atoms with E-state index in [1.807, 2.05) is 29.2 Å². The Morgan fingerprint density at radius 2 is 1.92 bits per heavy atom. The molecule has 5 N–H and O–H groups in total. The number of amides is 1. The van der Waals surface area contributed by atoms with E-state index in [-0.39, 0.29) is 18.5 Å². The molecule has 0 bridgehead atoms. The van der Waals surface area contributed by atoms with Crippen molar-refractivity contribution in [2.24, 2.45) is 21.5 Å². The first kappa shape index (κ1) is 17.2. The van der Waals surface area contributed by atoms with Crippen molar-refractivity contribution < 1.29 is 9.53 Å². The van der Waals surface area contributed by atoms with Crippen molar-refractivity contribution >= 4 is 29.2 Å². The summed E-state index contributed by atoms with van der Waals surface area (Å²) in [5, 5.41) is 2.77. The molecule has 1 saturated carbocycles. The van der Waals surface area contributed by atoms with Gasteiger partial charge in [0.15, 0.2) is 0 Å². The normalized spacial score (nSPS) is 19.3. The first-order valence-corrected chi connectivity index (χ1v) is 8.43. The van der Waals surface area contributed by atoms with E-state index in [2.05, 4.69) is 15.3 Å². The fraction of sp³-hybridized carbons (Fsp3) is 0.471. The number of guanidine groups is 2. The lowest BCUT2D eigenvalue weighted by molar-refractivity contribution is -0.119. The molecule has 25 heavy (non-hydrogen) atoms. The van der Waals surface area contributed by atoms with Crippen molar-refractivity contribution in [3.05, 3.63) is 24.3 Å². The van der Waals surface area contributed by atoms with Crippen molar-refractivity contribution in [1.29, 1.82) is 0 Å². The van der Waals surface area contributed by atoms with Gasteiger partial charge in [0, 0.05) is 18.5 Å². The van der Waals surface area contributed by atoms with Crippen LogP contribution in [0, 0.1) is 0 Å². The molecule has 0 radical (unpaired) electrons. The second-order valence-corrected chi connectivity index (χ2v) is 6.35. The number of benzene rings is 1. The molecule has 1 heterocycles. The number of aliphatic imine (C=N–C) groups is 2. The third-order valence-corrected chi connectivity index (χ3v) is 4.54. The zero-order valence-electron chi connectivity index (χ0n) is 14.4. The number of carbonyl (C=O) groups is 1. The van der Waals surface area contributed by atoms with E-state index in [0.29, 0.717) is 11.6 Å². The number of nitrogens with zero attached hydrogens (tertiary/aromatic N) is 3. The third-order valence-electron chi connectivity index (χ3n) is 4.54. The maximum absolute atomic E-state index is 11.6. The summed E-state index contributed by atoms with van der Waals surface area (Å²) in [6, 6.07) is 7.46. The number of hydrogen-bond acceptors (Lipinski definition) is 7. The highest BCUT2D eigenvalue weighted by atomic mass is 16.5. The Balaban J connectivity index is 1.86. The molecule has 1 aliphatic heterocycles. The summed E-state index contributed by atoms with van der Waals surface area (Å²) >= 11 is 0. The fourth-order valence-corrected chi connectivity index (χ4v) is 3.52. The number of anilines is 2. The van der Waals surface area contributed by atoms with E-state index in [4.69, 9.17) is 16.2 Å². The maximum Gasteiger partial charge on any atom is 0.250 e. The van der Waals surface area contributed by atoms with Gasteiger partial charge in [-0.2, -0.15) is 4.99 Å². The Kier molecular flexibility index (Phi) is 4.89. The van der Waals surface area contributed by atoms with Gasteiger partial charge in [-0.3, -0.25) is 9.69 Å². The second kappa shape index (κ2) is 7.10. The minimum Gasteiger partial charge on any atom is -0.375 e. The van der Waals surface area contributed by atoms with Gasteiger partial charge in [-0.05, 0) is 49.9 Å². The first-order valence-electron chi connectivity index (χ1n) is 8.43. The molecule has 1 fully saturated rings. The van der Waals surface area contributed by atoms with Gasteiger partial charge in [-0.25, -0.2) is 4.99 Å². The van der Waals surface area contributed by atoms with Gasteiger partial charge in [0.05, 0.1) is 0 Å². The monoisotopic (exact) mass is 344 g/mol. The number of carbonyl (C=O) groups excluding carboxylic acids is 1. The molecular weight excluding hydrogens is 320 g/mol. The predicted molar refractivity (Wildman–Crippen MR) is 98.5 cm³/mol. The lowest BCUT2D eigenvalue weighted by Crippen LogP contribution is -2.58. The Bertz CT molecular complexity index is 692. The average molecular weight is 344 g/mol. The number of hydrogen-bond donors (Lipinski definition) is 3. The fourth-order valence-electron chi connectivity index (χ4n) is 3.52. The van der Waals surface area contributed by atoms with E-state index in [9.17, 15) is 4.79 Å². The van der Waals surface area contributed by atoms with Gasteiger partial charge < -0.3 is 21.5 Å². The van der Waals surface area contributed by atoms with Crippen LogP contribution in [0.25, 0.3) is 0 Å². The molecule has 2 aliphatic rings. The smallest absolute Gasteiger partial charge is 0.250 e. The summed E-state index contributed by atoms with van der Waals surface area (Å²) in [5.41, 5.74) is 13.2. The number of nitrogens with two attached hydrogens (primary N) is 2. The highest BCUT2D eigenvalue weighted by Gasteiger charge is 2.42. The van der Waals surface area contributed by atoms with Crippen molar-refractivity contribution in [3.8, 4) is 0 Å². The molecule has 1 aliphatic carbocycles. The number of ether oxygens (including phenoxy) is 1. The molecule has 0 saturated heterocycles. The van der Waals surface area contributed by atoms with Crippen molar-refractivity contribution in [3.63, 3.8) is 0 Å². The Hall–Kier alpha value is -2.61. The van der Waals surface area contributed by atoms with Crippen molar-refractivity contribution in [2.75, 3.05) is 23.9 Å². The predicted octanol–water partition coefficient (Wildman–Crippen LogP) is 1.38. The zero-order chi connectivity index (χ0) is 17.9. The standard InChI is InChI=1S/C17H24N6O2/c1-25-11-14(24)20-12-5-7-13(8-6-12)23-16(19)21-15(18)22-17(23)9-3-2-4-10-17/h5-8H,2-4,9-11H2,1H3,(H,20,24)(H4,18,19,21,22). The number of rotatable bonds is 4. The Morgan fingerprint density at radius 1 is 1.24 bits per heavy atom. The first-order chi connectivity index (χ1) is 12.0. The van der Waals surface area contributed by atoms with Crippen LogP contribution in [0.15, 0.2) is 34.3 Å². The average Bonchev–Trinajstić information content (AvgIpc) is 2.56. The van der Waals surface area contributed by atoms with Gasteiger partial charge in [-0.15, -0.1) is 0 Å². The molecule has 134 valence electrons. The lowest BCUT2D eigenvalue weighted by Gasteiger charge is -2.45. The van der Waals surface area contributed by atoms with Crippen LogP contribution < -0.4 is 21.7 Å². The maximum atomic E-state index is 11.6. The van der Waals surface area contributed by atoms with Crippen LogP contribution in [0.3, 0.4) is 0 Å². The Morgan fingerprint density at radius 3 is 2.56 bits per heavy atom. The van der Waals surface area contributed by atoms with Crippen LogP contribution in [0.5, 0.6) is 0 Å². The zero-order valence-corrected chi connectivity index (χ0v) is 14.4. The minimum atomic E-state index is -0.463. The lowest BCUT2D eigenvalue weighted by atomic mass is 9.87. The summed E-state index contributed by atoms with van der Waals surface area (Å²) < 4.78 is 4.81. The molecule has 1 aromatic rings. The molecular formula is C17H24N6O2. The van der Waals surface area contributed by atoms with Crippen LogP contribution in [-0.2, 0) is 9.53 Å². The summed E-state index contributed by atoms with van der Waals surface area (Å²) in [5.74, 6) is 0.389. The molecule has 8 nitrogen and oxygen atoms in total. The minimum absolute atomic E-state index is 0.0184. The van der Waals surface area contributed by atoms with E-state index in [1.54, 1.807) is 0 Å². The number of nitrogens with one attached hydrogen (secondary N) is 1. The highest BCUT2D eigenvalue weighted by Crippen LogP contribution is 2.39. The van der Waals surface area contributed by atoms with E-state index >= 15 is 0 Å². The summed E-state index contributed by atoms with van der Waals surface area (Å²) in [4.78, 5) is 22.4. The highest BCUT2D eigenvalue weighted by molar-refractivity contribution is 6.05. The van der Waals surface area contributed by atoms with Crippen LogP contribution >= 0.6 is 0 Å². The van der Waals surface area contributed by atoms with E-state index in [0.717, 1.165) is 31.4 Å². The van der Waals surface area contributed by atoms with E-state index in [1.165, 1.54) is 13.5 Å².